The standard InChI is InChI=1S/C17H9Cl2N3O4/c18-13-8-11(22(25)26)3-4-12(13)15(23)17(6-1-7-21-17)14-5-2-10(9-20-14)16(19)24/h1-9H. The Kier molecular flexibility index (Phi) is 4.67. The number of halogens is 2. The van der Waals surface area contributed by atoms with Crippen molar-refractivity contribution >= 4 is 46.1 Å². The number of Topliss-reactive ketones (excluding diaryl/α,β-unsaturated/α-hetero) is 1. The second-order valence-electron chi connectivity index (χ2n) is 5.36. The molecule has 0 saturated carbocycles. The molecule has 3 rings (SSSR count). The summed E-state index contributed by atoms with van der Waals surface area (Å²) in [6, 6.07) is 6.49. The number of allylic oxidation sites excluding steroid dienone is 1. The van der Waals surface area contributed by atoms with Crippen LogP contribution in [0.4, 0.5) is 5.69 Å². The number of pyridine rings is 1. The van der Waals surface area contributed by atoms with Gasteiger partial charge in [-0.1, -0.05) is 11.6 Å². The van der Waals surface area contributed by atoms with Crippen molar-refractivity contribution in [1.29, 1.82) is 0 Å². The summed E-state index contributed by atoms with van der Waals surface area (Å²) >= 11 is 11.5. The summed E-state index contributed by atoms with van der Waals surface area (Å²) in [7, 11) is 0. The number of rotatable bonds is 5. The average molecular weight is 390 g/mol. The Morgan fingerprint density at radius 2 is 1.96 bits per heavy atom. The first-order valence-corrected chi connectivity index (χ1v) is 7.99. The van der Waals surface area contributed by atoms with Crippen LogP contribution < -0.4 is 0 Å². The number of carbonyl (C=O) groups excluding carboxylic acids is 2. The number of aromatic nitrogens is 1. The quantitative estimate of drug-likeness (QED) is 0.335. The second-order valence-corrected chi connectivity index (χ2v) is 6.11. The van der Waals surface area contributed by atoms with Crippen LogP contribution in [-0.4, -0.2) is 27.1 Å². The van der Waals surface area contributed by atoms with E-state index in [-0.39, 0.29) is 27.5 Å². The average Bonchev–Trinajstić information content (AvgIpc) is 3.12. The molecule has 0 aliphatic carbocycles. The Balaban J connectivity index is 2.07. The molecule has 26 heavy (non-hydrogen) atoms. The van der Waals surface area contributed by atoms with Gasteiger partial charge in [-0.25, -0.2) is 0 Å². The molecule has 0 radical (unpaired) electrons. The Morgan fingerprint density at radius 3 is 2.46 bits per heavy atom. The van der Waals surface area contributed by atoms with E-state index >= 15 is 0 Å². The highest BCUT2D eigenvalue weighted by Crippen LogP contribution is 2.36. The predicted octanol–water partition coefficient (Wildman–Crippen LogP) is 3.74. The minimum atomic E-state index is -1.46. The van der Waals surface area contributed by atoms with Crippen LogP contribution in [0.25, 0.3) is 0 Å². The maximum atomic E-state index is 13.1. The van der Waals surface area contributed by atoms with Gasteiger partial charge in [0.1, 0.15) is 0 Å². The second kappa shape index (κ2) is 6.78. The lowest BCUT2D eigenvalue weighted by Crippen LogP contribution is -2.32. The minimum Gasteiger partial charge on any atom is -0.291 e. The van der Waals surface area contributed by atoms with E-state index in [9.17, 15) is 19.7 Å². The molecule has 0 saturated heterocycles. The highest BCUT2D eigenvalue weighted by atomic mass is 35.5. The van der Waals surface area contributed by atoms with Crippen molar-refractivity contribution in [2.24, 2.45) is 4.99 Å². The van der Waals surface area contributed by atoms with Crippen molar-refractivity contribution in [3.05, 3.63) is 80.6 Å². The molecule has 0 spiro atoms. The molecule has 1 aliphatic heterocycles. The number of benzene rings is 1. The summed E-state index contributed by atoms with van der Waals surface area (Å²) in [6.07, 6.45) is 5.81. The Bertz CT molecular complexity index is 972. The molecule has 7 nitrogen and oxygen atoms in total. The Morgan fingerprint density at radius 1 is 1.19 bits per heavy atom. The van der Waals surface area contributed by atoms with Crippen LogP contribution in [0.15, 0.2) is 53.7 Å². The SMILES string of the molecule is O=C(Cl)c1ccc(C2(C(=O)c3ccc([N+](=O)[O-])cc3Cl)C=CC=N2)nc1. The molecule has 1 atom stereocenters. The normalized spacial score (nSPS) is 18.1. The Hall–Kier alpha value is -2.90. The van der Waals surface area contributed by atoms with E-state index in [0.29, 0.717) is 0 Å². The summed E-state index contributed by atoms with van der Waals surface area (Å²) in [5.41, 5.74) is -1.18. The van der Waals surface area contributed by atoms with Crippen LogP contribution in [0.1, 0.15) is 26.4 Å². The zero-order valence-corrected chi connectivity index (χ0v) is 14.4. The van der Waals surface area contributed by atoms with Gasteiger partial charge in [0.2, 0.25) is 5.78 Å². The third-order valence-electron chi connectivity index (χ3n) is 3.84. The molecule has 0 amide bonds. The monoisotopic (exact) mass is 389 g/mol. The molecular weight excluding hydrogens is 381 g/mol. The zero-order valence-electron chi connectivity index (χ0n) is 12.9. The summed E-state index contributed by atoms with van der Waals surface area (Å²) in [6.45, 7) is 0. The lowest BCUT2D eigenvalue weighted by molar-refractivity contribution is -0.384. The van der Waals surface area contributed by atoms with E-state index in [1.54, 1.807) is 6.08 Å². The van der Waals surface area contributed by atoms with Crippen molar-refractivity contribution < 1.29 is 14.5 Å². The maximum Gasteiger partial charge on any atom is 0.270 e. The van der Waals surface area contributed by atoms with Crippen LogP contribution in [0, 0.1) is 10.1 Å². The molecule has 0 bridgehead atoms. The highest BCUT2D eigenvalue weighted by molar-refractivity contribution is 6.67. The molecule has 1 unspecified atom stereocenters. The van der Waals surface area contributed by atoms with Crippen LogP contribution in [0.2, 0.25) is 5.02 Å². The number of hydrogen-bond acceptors (Lipinski definition) is 6. The molecule has 9 heteroatoms. The summed E-state index contributed by atoms with van der Waals surface area (Å²) in [5.74, 6) is -0.500. The van der Waals surface area contributed by atoms with Crippen molar-refractivity contribution in [3.63, 3.8) is 0 Å². The lowest BCUT2D eigenvalue weighted by Gasteiger charge is -2.22. The number of nitro groups is 1. The minimum absolute atomic E-state index is 0.0633. The van der Waals surface area contributed by atoms with Gasteiger partial charge in [-0.2, -0.15) is 0 Å². The number of non-ortho nitro benzene ring substituents is 1. The third-order valence-corrected chi connectivity index (χ3v) is 4.37. The molecule has 1 aromatic carbocycles. The molecule has 1 aliphatic rings. The van der Waals surface area contributed by atoms with E-state index < -0.39 is 21.5 Å². The molecule has 0 N–H and O–H groups in total. The van der Waals surface area contributed by atoms with Gasteiger partial charge in [0.25, 0.3) is 10.9 Å². The van der Waals surface area contributed by atoms with E-state index in [1.807, 2.05) is 0 Å². The number of aliphatic imine (C=N–C) groups is 1. The van der Waals surface area contributed by atoms with E-state index in [2.05, 4.69) is 9.98 Å². The summed E-state index contributed by atoms with van der Waals surface area (Å²) in [4.78, 5) is 42.9. The van der Waals surface area contributed by atoms with Crippen LogP contribution in [0.5, 0.6) is 0 Å². The van der Waals surface area contributed by atoms with Crippen molar-refractivity contribution in [2.75, 3.05) is 0 Å². The first-order valence-electron chi connectivity index (χ1n) is 7.23. The van der Waals surface area contributed by atoms with Gasteiger partial charge in [-0.05, 0) is 42.0 Å². The molecule has 1 aromatic heterocycles. The van der Waals surface area contributed by atoms with E-state index in [4.69, 9.17) is 23.2 Å². The zero-order chi connectivity index (χ0) is 18.9. The van der Waals surface area contributed by atoms with Gasteiger partial charge in [-0.15, -0.1) is 0 Å². The summed E-state index contributed by atoms with van der Waals surface area (Å²) in [5, 5.41) is 10.1. The molecule has 0 fully saturated rings. The topological polar surface area (TPSA) is 103 Å². The summed E-state index contributed by atoms with van der Waals surface area (Å²) < 4.78 is 0. The van der Waals surface area contributed by atoms with Gasteiger partial charge in [-0.3, -0.25) is 29.7 Å². The van der Waals surface area contributed by atoms with Gasteiger partial charge in [0.15, 0.2) is 5.54 Å². The number of hydrogen-bond donors (Lipinski definition) is 0. The fraction of sp³-hybridized carbons (Fsp3) is 0.0588. The van der Waals surface area contributed by atoms with Gasteiger partial charge in [0.05, 0.1) is 21.2 Å². The largest absolute Gasteiger partial charge is 0.291 e. The maximum absolute atomic E-state index is 13.1. The predicted molar refractivity (Wildman–Crippen MR) is 96.2 cm³/mol. The van der Waals surface area contributed by atoms with Gasteiger partial charge in [0, 0.05) is 30.1 Å². The molecule has 2 aromatic rings. The van der Waals surface area contributed by atoms with Crippen molar-refractivity contribution in [1.82, 2.24) is 4.98 Å². The Labute approximate surface area is 157 Å². The van der Waals surface area contributed by atoms with Crippen LogP contribution in [-0.2, 0) is 5.54 Å². The first kappa shape index (κ1) is 17.9. The number of ketones is 1. The number of nitrogens with zero attached hydrogens (tertiary/aromatic N) is 3. The van der Waals surface area contributed by atoms with Crippen LogP contribution >= 0.6 is 23.2 Å². The van der Waals surface area contributed by atoms with E-state index in [1.165, 1.54) is 42.8 Å². The van der Waals surface area contributed by atoms with Gasteiger partial charge >= 0.3 is 0 Å². The fourth-order valence-electron chi connectivity index (χ4n) is 2.53. The van der Waals surface area contributed by atoms with Crippen molar-refractivity contribution in [3.8, 4) is 0 Å². The molecular formula is C17H9Cl2N3O4. The smallest absolute Gasteiger partial charge is 0.270 e. The fourth-order valence-corrected chi connectivity index (χ4v) is 2.90. The first-order chi connectivity index (χ1) is 12.3. The third kappa shape index (κ3) is 3.02. The van der Waals surface area contributed by atoms with Crippen LogP contribution in [0.3, 0.4) is 0 Å². The molecule has 130 valence electrons. The molecule has 2 heterocycles. The lowest BCUT2D eigenvalue weighted by atomic mass is 9.86. The van der Waals surface area contributed by atoms with Crippen molar-refractivity contribution in [2.45, 2.75) is 5.54 Å². The highest BCUT2D eigenvalue weighted by Gasteiger charge is 2.41. The van der Waals surface area contributed by atoms with Gasteiger partial charge < -0.3 is 0 Å². The number of carbonyl (C=O) groups is 2. The number of nitro benzene ring substituents is 1. The van der Waals surface area contributed by atoms with E-state index in [0.717, 1.165) is 6.07 Å².